The predicted octanol–water partition coefficient (Wildman–Crippen LogP) is 3.63. The SMILES string of the molecule is O=C1N[C@H]2CCCC[C@H]2N1c1ccn2ncc(-c3ccc(-c4ncc[nH]4)cc3)c2n1. The summed E-state index contributed by atoms with van der Waals surface area (Å²) in [5.41, 5.74) is 3.71. The molecule has 30 heavy (non-hydrogen) atoms. The van der Waals surface area contributed by atoms with Gasteiger partial charge in [-0.25, -0.2) is 19.3 Å². The molecule has 4 aromatic rings. The fourth-order valence-corrected chi connectivity index (χ4v) is 4.67. The van der Waals surface area contributed by atoms with E-state index in [-0.39, 0.29) is 18.1 Å². The molecule has 2 N–H and O–H groups in total. The highest BCUT2D eigenvalue weighted by atomic mass is 16.2. The zero-order valence-corrected chi connectivity index (χ0v) is 16.3. The molecule has 2 amide bonds. The van der Waals surface area contributed by atoms with E-state index in [4.69, 9.17) is 4.98 Å². The van der Waals surface area contributed by atoms with Gasteiger partial charge in [-0.05, 0) is 24.5 Å². The lowest BCUT2D eigenvalue weighted by atomic mass is 9.91. The van der Waals surface area contributed by atoms with Crippen molar-refractivity contribution in [2.75, 3.05) is 4.90 Å². The first-order valence-electron chi connectivity index (χ1n) is 10.3. The molecule has 1 saturated heterocycles. The number of imidazole rings is 1. The van der Waals surface area contributed by atoms with Gasteiger partial charge < -0.3 is 10.3 Å². The molecule has 1 aliphatic heterocycles. The van der Waals surface area contributed by atoms with Gasteiger partial charge in [-0.15, -0.1) is 0 Å². The number of benzene rings is 1. The maximum absolute atomic E-state index is 12.7. The van der Waals surface area contributed by atoms with Crippen molar-refractivity contribution in [1.82, 2.24) is 29.9 Å². The molecule has 8 heteroatoms. The van der Waals surface area contributed by atoms with Gasteiger partial charge in [0.15, 0.2) is 5.65 Å². The van der Waals surface area contributed by atoms with Crippen LogP contribution in [0.25, 0.3) is 28.2 Å². The van der Waals surface area contributed by atoms with E-state index in [2.05, 4.69) is 20.4 Å². The van der Waals surface area contributed by atoms with Crippen molar-refractivity contribution in [3.8, 4) is 22.5 Å². The summed E-state index contributed by atoms with van der Waals surface area (Å²) in [5.74, 6) is 1.52. The second-order valence-corrected chi connectivity index (χ2v) is 7.91. The maximum Gasteiger partial charge on any atom is 0.323 e. The molecular formula is C22H21N7O. The maximum atomic E-state index is 12.7. The Kier molecular flexibility index (Phi) is 3.83. The number of rotatable bonds is 3. The van der Waals surface area contributed by atoms with E-state index < -0.39 is 0 Å². The Hall–Kier alpha value is -3.68. The number of amides is 2. The van der Waals surface area contributed by atoms with Crippen LogP contribution in [0, 0.1) is 0 Å². The summed E-state index contributed by atoms with van der Waals surface area (Å²) in [7, 11) is 0. The molecule has 0 unspecified atom stereocenters. The van der Waals surface area contributed by atoms with Gasteiger partial charge in [-0.3, -0.25) is 4.90 Å². The Morgan fingerprint density at radius 3 is 2.70 bits per heavy atom. The Morgan fingerprint density at radius 2 is 1.87 bits per heavy atom. The average Bonchev–Trinajstić information content (AvgIpc) is 3.51. The number of fused-ring (bicyclic) bond motifs is 2. The Balaban J connectivity index is 1.38. The molecule has 6 rings (SSSR count). The van der Waals surface area contributed by atoms with Gasteiger partial charge in [0.25, 0.3) is 0 Å². The predicted molar refractivity (Wildman–Crippen MR) is 113 cm³/mol. The molecule has 4 heterocycles. The monoisotopic (exact) mass is 399 g/mol. The molecular weight excluding hydrogens is 378 g/mol. The van der Waals surface area contributed by atoms with Gasteiger partial charge in [-0.1, -0.05) is 37.1 Å². The van der Waals surface area contributed by atoms with Crippen molar-refractivity contribution in [3.05, 3.63) is 55.1 Å². The van der Waals surface area contributed by atoms with Crippen LogP contribution in [-0.2, 0) is 0 Å². The van der Waals surface area contributed by atoms with Gasteiger partial charge in [0.05, 0.1) is 18.3 Å². The van der Waals surface area contributed by atoms with Gasteiger partial charge in [0, 0.05) is 29.7 Å². The van der Waals surface area contributed by atoms with Crippen LogP contribution in [-0.4, -0.2) is 42.7 Å². The quantitative estimate of drug-likeness (QED) is 0.550. The van der Waals surface area contributed by atoms with Crippen LogP contribution in [0.4, 0.5) is 10.6 Å². The summed E-state index contributed by atoms with van der Waals surface area (Å²) in [5, 5.41) is 7.58. The van der Waals surface area contributed by atoms with Crippen LogP contribution in [0.5, 0.6) is 0 Å². The number of nitrogens with zero attached hydrogens (tertiary/aromatic N) is 5. The molecule has 1 aromatic carbocycles. The Bertz CT molecular complexity index is 1210. The Morgan fingerprint density at radius 1 is 1.03 bits per heavy atom. The van der Waals surface area contributed by atoms with Crippen LogP contribution in [0.15, 0.2) is 55.1 Å². The highest BCUT2D eigenvalue weighted by Gasteiger charge is 2.42. The minimum absolute atomic E-state index is 0.0485. The Labute approximate surface area is 173 Å². The van der Waals surface area contributed by atoms with Gasteiger partial charge in [-0.2, -0.15) is 5.10 Å². The van der Waals surface area contributed by atoms with Crippen molar-refractivity contribution in [1.29, 1.82) is 0 Å². The number of hydrogen-bond acceptors (Lipinski definition) is 4. The molecule has 3 aromatic heterocycles. The summed E-state index contributed by atoms with van der Waals surface area (Å²) in [6.07, 6.45) is 11.6. The molecule has 1 aliphatic carbocycles. The van der Waals surface area contributed by atoms with E-state index in [1.807, 2.05) is 53.8 Å². The van der Waals surface area contributed by atoms with Gasteiger partial charge in [0.1, 0.15) is 11.6 Å². The zero-order valence-electron chi connectivity index (χ0n) is 16.3. The minimum Gasteiger partial charge on any atom is -0.345 e. The second kappa shape index (κ2) is 6.69. The number of carbonyl (C=O) groups excluding carboxylic acids is 1. The normalized spacial score (nSPS) is 21.1. The second-order valence-electron chi connectivity index (χ2n) is 7.91. The van der Waals surface area contributed by atoms with E-state index in [1.165, 1.54) is 6.42 Å². The smallest absolute Gasteiger partial charge is 0.323 e. The molecule has 2 atom stereocenters. The lowest BCUT2D eigenvalue weighted by Gasteiger charge is -2.29. The van der Waals surface area contributed by atoms with Gasteiger partial charge >= 0.3 is 6.03 Å². The zero-order chi connectivity index (χ0) is 20.1. The average molecular weight is 399 g/mol. The number of carbonyl (C=O) groups is 1. The number of H-pyrrole nitrogens is 1. The molecule has 2 fully saturated rings. The number of aromatic nitrogens is 5. The molecule has 0 radical (unpaired) electrons. The highest BCUT2D eigenvalue weighted by molar-refractivity contribution is 5.95. The van der Waals surface area contributed by atoms with E-state index >= 15 is 0 Å². The van der Waals surface area contributed by atoms with Crippen molar-refractivity contribution in [2.24, 2.45) is 0 Å². The summed E-state index contributed by atoms with van der Waals surface area (Å²) < 4.78 is 1.76. The number of urea groups is 1. The van der Waals surface area contributed by atoms with Gasteiger partial charge in [0.2, 0.25) is 0 Å². The summed E-state index contributed by atoms with van der Waals surface area (Å²) in [6.45, 7) is 0. The number of hydrogen-bond donors (Lipinski definition) is 2. The molecule has 2 aliphatic rings. The standard InChI is InChI=1S/C22H21N7O/c30-22-26-17-3-1-2-4-18(17)29(22)19-9-12-28-21(27-19)16(13-25-28)14-5-7-15(8-6-14)20-23-10-11-24-20/h5-13,17-18H,1-4H2,(H,23,24)(H,26,30)/t17-,18+/m0/s1. The largest absolute Gasteiger partial charge is 0.345 e. The van der Waals surface area contributed by atoms with E-state index in [0.29, 0.717) is 5.82 Å². The topological polar surface area (TPSA) is 91.2 Å². The lowest BCUT2D eigenvalue weighted by molar-refractivity contribution is 0.250. The van der Waals surface area contributed by atoms with Crippen LogP contribution in [0.3, 0.4) is 0 Å². The van der Waals surface area contributed by atoms with Crippen molar-refractivity contribution in [3.63, 3.8) is 0 Å². The number of nitrogens with one attached hydrogen (secondary N) is 2. The molecule has 1 saturated carbocycles. The van der Waals surface area contributed by atoms with E-state index in [9.17, 15) is 4.79 Å². The van der Waals surface area contributed by atoms with Crippen LogP contribution in [0.2, 0.25) is 0 Å². The van der Waals surface area contributed by atoms with E-state index in [0.717, 1.165) is 47.4 Å². The fourth-order valence-electron chi connectivity index (χ4n) is 4.67. The first kappa shape index (κ1) is 17.2. The minimum atomic E-state index is -0.0485. The van der Waals surface area contributed by atoms with Crippen molar-refractivity contribution >= 4 is 17.5 Å². The molecule has 0 bridgehead atoms. The summed E-state index contributed by atoms with van der Waals surface area (Å²) in [4.78, 5) is 26.8. The third kappa shape index (κ3) is 2.67. The molecule has 150 valence electrons. The van der Waals surface area contributed by atoms with Crippen molar-refractivity contribution in [2.45, 2.75) is 37.8 Å². The van der Waals surface area contributed by atoms with Crippen molar-refractivity contribution < 1.29 is 4.79 Å². The number of anilines is 1. The molecule has 0 spiro atoms. The lowest BCUT2D eigenvalue weighted by Crippen LogP contribution is -2.39. The summed E-state index contributed by atoms with van der Waals surface area (Å²) in [6, 6.07) is 10.4. The van der Waals surface area contributed by atoms with Crippen LogP contribution in [0.1, 0.15) is 25.7 Å². The molecule has 8 nitrogen and oxygen atoms in total. The third-order valence-electron chi connectivity index (χ3n) is 6.16. The first-order chi connectivity index (χ1) is 14.8. The first-order valence-corrected chi connectivity index (χ1v) is 10.3. The van der Waals surface area contributed by atoms with Crippen LogP contribution >= 0.6 is 0 Å². The summed E-state index contributed by atoms with van der Waals surface area (Å²) >= 11 is 0. The fraction of sp³-hybridized carbons (Fsp3) is 0.273. The van der Waals surface area contributed by atoms with Crippen LogP contribution < -0.4 is 10.2 Å². The third-order valence-corrected chi connectivity index (χ3v) is 6.16. The highest BCUT2D eigenvalue weighted by Crippen LogP contribution is 2.32. The van der Waals surface area contributed by atoms with E-state index in [1.54, 1.807) is 10.7 Å². The number of aromatic amines is 1.